The summed E-state index contributed by atoms with van der Waals surface area (Å²) in [4.78, 5) is 23.6. The second-order valence-electron chi connectivity index (χ2n) is 8.20. The molecule has 160 valence electrons. The normalized spacial score (nSPS) is 18.7. The number of rotatable bonds is 6. The molecule has 7 heteroatoms. The monoisotopic (exact) mass is 418 g/mol. The molecule has 3 aromatic rings. The first-order valence-corrected chi connectivity index (χ1v) is 10.7. The number of ether oxygens (including phenoxy) is 2. The second kappa shape index (κ2) is 8.51. The molecule has 1 atom stereocenters. The zero-order chi connectivity index (χ0) is 21.2. The van der Waals surface area contributed by atoms with Crippen LogP contribution in [0, 0.1) is 5.92 Å². The first-order valence-electron chi connectivity index (χ1n) is 10.7. The molecule has 0 N–H and O–H groups in total. The molecule has 0 radical (unpaired) electrons. The summed E-state index contributed by atoms with van der Waals surface area (Å²) in [5, 5.41) is 0. The molecule has 1 aromatic carbocycles. The van der Waals surface area contributed by atoms with Gasteiger partial charge in [-0.1, -0.05) is 12.1 Å². The third kappa shape index (κ3) is 4.46. The van der Waals surface area contributed by atoms with E-state index in [1.807, 2.05) is 24.3 Å². The average Bonchev–Trinajstić information content (AvgIpc) is 3.65. The largest absolute Gasteiger partial charge is 0.493 e. The van der Waals surface area contributed by atoms with Gasteiger partial charge in [0.1, 0.15) is 11.9 Å². The molecule has 31 heavy (non-hydrogen) atoms. The van der Waals surface area contributed by atoms with Gasteiger partial charge in [-0.25, -0.2) is 4.98 Å². The minimum Gasteiger partial charge on any atom is -0.493 e. The summed E-state index contributed by atoms with van der Waals surface area (Å²) in [6.07, 6.45) is 5.88. The van der Waals surface area contributed by atoms with Crippen molar-refractivity contribution in [2.75, 3.05) is 31.2 Å². The molecule has 1 unspecified atom stereocenters. The fraction of sp³-hybridized carbons (Fsp3) is 0.375. The highest BCUT2D eigenvalue weighted by atomic mass is 16.5. The number of morpholine rings is 1. The van der Waals surface area contributed by atoms with Gasteiger partial charge in [-0.15, -0.1) is 0 Å². The summed E-state index contributed by atoms with van der Waals surface area (Å²) in [5.41, 5.74) is 2.54. The van der Waals surface area contributed by atoms with E-state index in [9.17, 15) is 4.79 Å². The molecule has 2 aromatic heterocycles. The van der Waals surface area contributed by atoms with Crippen LogP contribution in [0.15, 0.2) is 59.7 Å². The van der Waals surface area contributed by atoms with Crippen LogP contribution in [0.3, 0.4) is 0 Å². The van der Waals surface area contributed by atoms with Crippen molar-refractivity contribution in [3.63, 3.8) is 0 Å². The van der Waals surface area contributed by atoms with Gasteiger partial charge in [0.05, 0.1) is 25.5 Å². The molecule has 0 spiro atoms. The van der Waals surface area contributed by atoms with Crippen LogP contribution >= 0.6 is 0 Å². The molecule has 7 nitrogen and oxygen atoms in total. The lowest BCUT2D eigenvalue weighted by atomic mass is 10.1. The molecule has 2 fully saturated rings. The van der Waals surface area contributed by atoms with E-state index in [0.717, 1.165) is 29.4 Å². The number of pyridine rings is 1. The summed E-state index contributed by atoms with van der Waals surface area (Å²) in [7, 11) is 1.76. The van der Waals surface area contributed by atoms with Gasteiger partial charge < -0.3 is 14.4 Å². The van der Waals surface area contributed by atoms with E-state index in [0.29, 0.717) is 31.3 Å². The van der Waals surface area contributed by atoms with Gasteiger partial charge in [0.15, 0.2) is 0 Å². The van der Waals surface area contributed by atoms with Gasteiger partial charge >= 0.3 is 0 Å². The molecular formula is C24H26N4O3. The van der Waals surface area contributed by atoms with Crippen molar-refractivity contribution in [3.05, 3.63) is 70.8 Å². The van der Waals surface area contributed by atoms with Crippen molar-refractivity contribution in [3.8, 4) is 17.0 Å². The summed E-state index contributed by atoms with van der Waals surface area (Å²) >= 11 is 0. The van der Waals surface area contributed by atoms with Crippen molar-refractivity contribution in [2.45, 2.75) is 18.9 Å². The molecule has 0 amide bonds. The minimum absolute atomic E-state index is 0.0861. The number of benzene rings is 1. The third-order valence-electron chi connectivity index (χ3n) is 5.87. The van der Waals surface area contributed by atoms with E-state index in [1.165, 1.54) is 12.8 Å². The van der Waals surface area contributed by atoms with E-state index in [2.05, 4.69) is 22.0 Å². The Morgan fingerprint density at radius 2 is 1.90 bits per heavy atom. The Hall–Kier alpha value is -3.19. The van der Waals surface area contributed by atoms with Crippen LogP contribution < -0.4 is 15.2 Å². The van der Waals surface area contributed by atoms with Crippen LogP contribution in [0.1, 0.15) is 24.5 Å². The topological polar surface area (TPSA) is 69.5 Å². The van der Waals surface area contributed by atoms with E-state index in [4.69, 9.17) is 14.5 Å². The molecule has 1 aliphatic heterocycles. The van der Waals surface area contributed by atoms with E-state index >= 15 is 0 Å². The zero-order valence-corrected chi connectivity index (χ0v) is 17.6. The molecule has 5 rings (SSSR count). The molecule has 1 saturated carbocycles. The van der Waals surface area contributed by atoms with Crippen molar-refractivity contribution >= 4 is 5.95 Å². The Balaban J connectivity index is 1.35. The summed E-state index contributed by atoms with van der Waals surface area (Å²) < 4.78 is 13.5. The fourth-order valence-electron chi connectivity index (χ4n) is 3.79. The smallest absolute Gasteiger partial charge is 0.255 e. The quantitative estimate of drug-likeness (QED) is 0.612. The van der Waals surface area contributed by atoms with Crippen molar-refractivity contribution in [1.29, 1.82) is 0 Å². The molecule has 0 bridgehead atoms. The maximum atomic E-state index is 12.6. The zero-order valence-electron chi connectivity index (χ0n) is 17.6. The Bertz CT molecular complexity index is 1090. The lowest BCUT2D eigenvalue weighted by Crippen LogP contribution is -2.41. The van der Waals surface area contributed by atoms with Crippen LogP contribution in [0.4, 0.5) is 5.95 Å². The molecule has 3 heterocycles. The first-order chi connectivity index (χ1) is 15.2. The summed E-state index contributed by atoms with van der Waals surface area (Å²) in [6.45, 7) is 2.68. The SMILES string of the molecule is Cn1c(N2CCOC(c3ccc(OCC4CC4)cc3)C2)nc(-c2ccncc2)cc1=O. The predicted molar refractivity (Wildman–Crippen MR) is 118 cm³/mol. The van der Waals surface area contributed by atoms with Gasteiger partial charge in [-0.3, -0.25) is 14.3 Å². The van der Waals surface area contributed by atoms with Gasteiger partial charge in [0.2, 0.25) is 5.95 Å². The summed E-state index contributed by atoms with van der Waals surface area (Å²) in [6, 6.07) is 13.4. The Morgan fingerprint density at radius 1 is 1.13 bits per heavy atom. The Morgan fingerprint density at radius 3 is 2.65 bits per heavy atom. The highest BCUT2D eigenvalue weighted by Crippen LogP contribution is 2.31. The van der Waals surface area contributed by atoms with Gasteiger partial charge in [0, 0.05) is 37.6 Å². The molecular weight excluding hydrogens is 392 g/mol. The van der Waals surface area contributed by atoms with Crippen molar-refractivity contribution < 1.29 is 9.47 Å². The van der Waals surface area contributed by atoms with Gasteiger partial charge in [0.25, 0.3) is 5.56 Å². The first kappa shape index (κ1) is 19.8. The summed E-state index contributed by atoms with van der Waals surface area (Å²) in [5.74, 6) is 2.28. The van der Waals surface area contributed by atoms with Crippen LogP contribution in [-0.2, 0) is 11.8 Å². The lowest BCUT2D eigenvalue weighted by molar-refractivity contribution is 0.0389. The number of hydrogen-bond acceptors (Lipinski definition) is 6. The Labute approximate surface area is 181 Å². The second-order valence-corrected chi connectivity index (χ2v) is 8.20. The van der Waals surface area contributed by atoms with Crippen LogP contribution in [0.2, 0.25) is 0 Å². The van der Waals surface area contributed by atoms with Gasteiger partial charge in [-0.05, 0) is 48.6 Å². The van der Waals surface area contributed by atoms with E-state index in [-0.39, 0.29) is 11.7 Å². The fourth-order valence-corrected chi connectivity index (χ4v) is 3.79. The van der Waals surface area contributed by atoms with Crippen LogP contribution in [0.5, 0.6) is 5.75 Å². The standard InChI is InChI=1S/C24H26N4O3/c1-27-23(29)14-21(18-8-10-25-11-9-18)26-24(27)28-12-13-30-22(15-28)19-4-6-20(7-5-19)31-16-17-2-3-17/h4-11,14,17,22H,2-3,12-13,15-16H2,1H3. The third-order valence-corrected chi connectivity index (χ3v) is 5.87. The molecule has 1 saturated heterocycles. The number of hydrogen-bond donors (Lipinski definition) is 0. The molecule has 1 aliphatic carbocycles. The minimum atomic E-state index is -0.0901. The van der Waals surface area contributed by atoms with Crippen LogP contribution in [-0.4, -0.2) is 40.8 Å². The highest BCUT2D eigenvalue weighted by molar-refractivity contribution is 5.59. The number of anilines is 1. The van der Waals surface area contributed by atoms with E-state index in [1.54, 1.807) is 30.1 Å². The molecule has 2 aliphatic rings. The number of nitrogens with zero attached hydrogens (tertiary/aromatic N) is 4. The maximum Gasteiger partial charge on any atom is 0.255 e. The predicted octanol–water partition coefficient (Wildman–Crippen LogP) is 3.21. The van der Waals surface area contributed by atoms with E-state index < -0.39 is 0 Å². The van der Waals surface area contributed by atoms with Crippen molar-refractivity contribution in [1.82, 2.24) is 14.5 Å². The highest BCUT2D eigenvalue weighted by Gasteiger charge is 2.26. The lowest BCUT2D eigenvalue weighted by Gasteiger charge is -2.34. The van der Waals surface area contributed by atoms with Gasteiger partial charge in [-0.2, -0.15) is 0 Å². The maximum absolute atomic E-state index is 12.6. The van der Waals surface area contributed by atoms with Crippen LogP contribution in [0.25, 0.3) is 11.3 Å². The number of aromatic nitrogens is 3. The van der Waals surface area contributed by atoms with Crippen molar-refractivity contribution in [2.24, 2.45) is 13.0 Å². The Kier molecular flexibility index (Phi) is 5.42. The average molecular weight is 418 g/mol.